The van der Waals surface area contributed by atoms with Gasteiger partial charge in [0.05, 0.1) is 5.92 Å². The second-order valence-electron chi connectivity index (χ2n) is 5.12. The molecule has 1 unspecified atom stereocenters. The summed E-state index contributed by atoms with van der Waals surface area (Å²) in [5, 5.41) is 0. The average Bonchev–Trinajstić information content (AvgIpc) is 2.49. The molecule has 2 aromatic carbocycles. The Balaban J connectivity index is 2.34. The first-order valence-corrected chi connectivity index (χ1v) is 7.41. The van der Waals surface area contributed by atoms with Crippen molar-refractivity contribution in [1.29, 1.82) is 0 Å². The molecule has 0 radical (unpaired) electrons. The summed E-state index contributed by atoms with van der Waals surface area (Å²) in [4.78, 5) is 0. The largest absolute Gasteiger partial charge is 0.102 e. The lowest BCUT2D eigenvalue weighted by atomic mass is 9.89. The Morgan fingerprint density at radius 3 is 2.35 bits per heavy atom. The summed E-state index contributed by atoms with van der Waals surface area (Å²) in [5.74, 6) is 7.03. The van der Waals surface area contributed by atoms with Crippen LogP contribution in [0, 0.1) is 18.8 Å². The molecule has 0 nitrogen and oxygen atoms in total. The molecule has 0 bridgehead atoms. The Hall–Kier alpha value is -2.00. The maximum Gasteiger partial charge on any atom is 0.0704 e. The van der Waals surface area contributed by atoms with Gasteiger partial charge in [0.1, 0.15) is 0 Å². The first-order chi connectivity index (χ1) is 9.83. The molecule has 0 saturated heterocycles. The van der Waals surface area contributed by atoms with Gasteiger partial charge in [0.15, 0.2) is 0 Å². The molecule has 0 aliphatic rings. The summed E-state index contributed by atoms with van der Waals surface area (Å²) in [6.07, 6.45) is 3.38. The average molecular weight is 262 g/mol. The third kappa shape index (κ3) is 3.75. The van der Waals surface area contributed by atoms with Crippen LogP contribution < -0.4 is 0 Å². The van der Waals surface area contributed by atoms with Gasteiger partial charge in [0, 0.05) is 6.42 Å². The Labute approximate surface area is 122 Å². The van der Waals surface area contributed by atoms with Crippen molar-refractivity contribution in [1.82, 2.24) is 0 Å². The number of aryl methyl sites for hydroxylation is 1. The molecule has 0 fully saturated rings. The van der Waals surface area contributed by atoms with Crippen LogP contribution in [-0.4, -0.2) is 0 Å². The van der Waals surface area contributed by atoms with Crippen molar-refractivity contribution < 1.29 is 0 Å². The molecule has 0 spiro atoms. The van der Waals surface area contributed by atoms with Gasteiger partial charge in [-0.15, -0.1) is 5.92 Å². The minimum absolute atomic E-state index is 0.189. The topological polar surface area (TPSA) is 0 Å². The lowest BCUT2D eigenvalue weighted by Gasteiger charge is -2.14. The highest BCUT2D eigenvalue weighted by molar-refractivity contribution is 5.43. The van der Waals surface area contributed by atoms with Crippen molar-refractivity contribution >= 4 is 0 Å². The summed E-state index contributed by atoms with van der Waals surface area (Å²) in [5.41, 5.74) is 3.92. The van der Waals surface area contributed by atoms with Crippen LogP contribution in [-0.2, 0) is 0 Å². The van der Waals surface area contributed by atoms with E-state index < -0.39 is 0 Å². The fraction of sp³-hybridized carbons (Fsp3) is 0.300. The van der Waals surface area contributed by atoms with Crippen molar-refractivity contribution in [2.24, 2.45) is 0 Å². The number of benzene rings is 2. The zero-order valence-electron chi connectivity index (χ0n) is 12.4. The van der Waals surface area contributed by atoms with E-state index in [-0.39, 0.29) is 5.92 Å². The third-order valence-electron chi connectivity index (χ3n) is 3.53. The molecule has 0 N–H and O–H groups in total. The van der Waals surface area contributed by atoms with Crippen LogP contribution in [0.3, 0.4) is 0 Å². The standard InChI is InChI=1S/C20H22/c1-3-4-5-9-16-20(18-13-7-6-8-14-18)19-15-11-10-12-17(19)2/h6-8,10-15,20H,3-5H2,1-2H3. The predicted molar refractivity (Wildman–Crippen MR) is 86.8 cm³/mol. The van der Waals surface area contributed by atoms with Crippen molar-refractivity contribution in [3.05, 3.63) is 71.3 Å². The second kappa shape index (κ2) is 7.56. The summed E-state index contributed by atoms with van der Waals surface area (Å²) in [6.45, 7) is 4.37. The first kappa shape index (κ1) is 14.4. The summed E-state index contributed by atoms with van der Waals surface area (Å²) < 4.78 is 0. The molecule has 0 heteroatoms. The number of unbranched alkanes of at least 4 members (excludes halogenated alkanes) is 2. The van der Waals surface area contributed by atoms with Gasteiger partial charge in [-0.1, -0.05) is 73.9 Å². The molecule has 0 aliphatic heterocycles. The van der Waals surface area contributed by atoms with Gasteiger partial charge in [0.2, 0.25) is 0 Å². The summed E-state index contributed by atoms with van der Waals surface area (Å²) in [6, 6.07) is 19.1. The molecule has 2 aromatic rings. The van der Waals surface area contributed by atoms with Crippen molar-refractivity contribution in [2.45, 2.75) is 39.0 Å². The highest BCUT2D eigenvalue weighted by Gasteiger charge is 2.12. The number of hydrogen-bond acceptors (Lipinski definition) is 0. The molecule has 20 heavy (non-hydrogen) atoms. The lowest BCUT2D eigenvalue weighted by molar-refractivity contribution is 0.826. The van der Waals surface area contributed by atoms with Gasteiger partial charge < -0.3 is 0 Å². The predicted octanol–water partition coefficient (Wildman–Crippen LogP) is 5.32. The van der Waals surface area contributed by atoms with E-state index >= 15 is 0 Å². The quantitative estimate of drug-likeness (QED) is 0.516. The summed E-state index contributed by atoms with van der Waals surface area (Å²) >= 11 is 0. The number of hydrogen-bond donors (Lipinski definition) is 0. The van der Waals surface area contributed by atoms with Crippen molar-refractivity contribution in [3.8, 4) is 11.8 Å². The monoisotopic (exact) mass is 262 g/mol. The Kier molecular flexibility index (Phi) is 5.44. The van der Waals surface area contributed by atoms with Crippen LogP contribution >= 0.6 is 0 Å². The van der Waals surface area contributed by atoms with Gasteiger partial charge in [-0.25, -0.2) is 0 Å². The van der Waals surface area contributed by atoms with Crippen molar-refractivity contribution in [2.75, 3.05) is 0 Å². The molecule has 1 atom stereocenters. The van der Waals surface area contributed by atoms with Gasteiger partial charge in [0.25, 0.3) is 0 Å². The second-order valence-corrected chi connectivity index (χ2v) is 5.12. The molecular weight excluding hydrogens is 240 g/mol. The summed E-state index contributed by atoms with van der Waals surface area (Å²) in [7, 11) is 0. The van der Waals surface area contributed by atoms with E-state index in [0.717, 1.165) is 6.42 Å². The minimum atomic E-state index is 0.189. The van der Waals surface area contributed by atoms with Crippen LogP contribution in [0.1, 0.15) is 48.8 Å². The Morgan fingerprint density at radius 1 is 0.950 bits per heavy atom. The van der Waals surface area contributed by atoms with Crippen LogP contribution in [0.25, 0.3) is 0 Å². The zero-order valence-corrected chi connectivity index (χ0v) is 12.4. The van der Waals surface area contributed by atoms with E-state index in [1.165, 1.54) is 29.5 Å². The SMILES string of the molecule is CCCCC#CC(c1ccccc1)c1ccccc1C. The van der Waals surface area contributed by atoms with E-state index in [2.05, 4.69) is 80.3 Å². The van der Waals surface area contributed by atoms with E-state index in [0.29, 0.717) is 0 Å². The van der Waals surface area contributed by atoms with Crippen LogP contribution in [0.5, 0.6) is 0 Å². The Morgan fingerprint density at radius 2 is 1.65 bits per heavy atom. The maximum absolute atomic E-state index is 3.48. The van der Waals surface area contributed by atoms with E-state index in [1.54, 1.807) is 0 Å². The third-order valence-corrected chi connectivity index (χ3v) is 3.53. The van der Waals surface area contributed by atoms with Crippen LogP contribution in [0.2, 0.25) is 0 Å². The van der Waals surface area contributed by atoms with E-state index in [1.807, 2.05) is 0 Å². The molecule has 0 amide bonds. The molecular formula is C20H22. The molecule has 0 aromatic heterocycles. The zero-order chi connectivity index (χ0) is 14.2. The van der Waals surface area contributed by atoms with Gasteiger partial charge in [-0.05, 0) is 30.0 Å². The van der Waals surface area contributed by atoms with Crippen LogP contribution in [0.15, 0.2) is 54.6 Å². The minimum Gasteiger partial charge on any atom is -0.102 e. The molecule has 0 heterocycles. The number of rotatable bonds is 4. The first-order valence-electron chi connectivity index (χ1n) is 7.41. The smallest absolute Gasteiger partial charge is 0.0704 e. The highest BCUT2D eigenvalue weighted by Crippen LogP contribution is 2.26. The fourth-order valence-electron chi connectivity index (χ4n) is 2.34. The molecule has 2 rings (SSSR count). The molecule has 0 saturated carbocycles. The fourth-order valence-corrected chi connectivity index (χ4v) is 2.34. The van der Waals surface area contributed by atoms with Gasteiger partial charge in [-0.2, -0.15) is 0 Å². The Bertz CT molecular complexity index is 584. The van der Waals surface area contributed by atoms with Gasteiger partial charge in [-0.3, -0.25) is 0 Å². The normalized spacial score (nSPS) is 11.5. The van der Waals surface area contributed by atoms with Crippen LogP contribution in [0.4, 0.5) is 0 Å². The van der Waals surface area contributed by atoms with E-state index in [9.17, 15) is 0 Å². The van der Waals surface area contributed by atoms with Gasteiger partial charge >= 0.3 is 0 Å². The lowest BCUT2D eigenvalue weighted by Crippen LogP contribution is -2.00. The maximum atomic E-state index is 3.48. The highest BCUT2D eigenvalue weighted by atomic mass is 14.1. The molecule has 102 valence electrons. The molecule has 0 aliphatic carbocycles. The van der Waals surface area contributed by atoms with E-state index in [4.69, 9.17) is 0 Å². The van der Waals surface area contributed by atoms with Crippen molar-refractivity contribution in [3.63, 3.8) is 0 Å².